The Balaban J connectivity index is 1.32. The number of benzene rings is 2. The fourth-order valence-corrected chi connectivity index (χ4v) is 11.5. The maximum atomic E-state index is 15.2. The monoisotopic (exact) mass is 1200 g/mol. The predicted octanol–water partition coefficient (Wildman–Crippen LogP) is -2.78. The molecule has 436 valence electrons. The van der Waals surface area contributed by atoms with Gasteiger partial charge in [-0.15, -0.1) is 0 Å². The van der Waals surface area contributed by atoms with E-state index in [2.05, 4.69) is 63.4 Å². The topological polar surface area (TPSA) is 395 Å². The molecule has 2 aromatic carbocycles. The van der Waals surface area contributed by atoms with Crippen molar-refractivity contribution in [1.82, 2.24) is 52.4 Å². The molecule has 80 heavy (non-hydrogen) atoms. The average molecular weight is 1200 g/mol. The molecule has 0 radical (unpaired) electrons. The van der Waals surface area contributed by atoms with Gasteiger partial charge in [-0.3, -0.25) is 43.2 Å². The van der Waals surface area contributed by atoms with Gasteiger partial charge in [-0.25, -0.2) is 0 Å². The SMILES string of the molecule is CC[C@H](C)[C@@H]1NC(=O)CNC(=O)C2Cc3c([nH]c4cc(O)ccc34)[S@+]([O-])CC(NC(=O)CNC1=O)C(=O)NC(CC(N)=O)C(=O)N1CC(O)CC1C(=O)N[C@@H]([C@@H](C)[C@@H]1COC(c3cc(OCCOCCNC)ccc3Br)O1)C(=O)N2. The Morgan fingerprint density at radius 1 is 0.900 bits per heavy atom. The fraction of sp³-hybridized carbons (Fsp3) is 0.549. The summed E-state index contributed by atoms with van der Waals surface area (Å²) < 4.78 is 39.6. The van der Waals surface area contributed by atoms with Crippen molar-refractivity contribution in [1.29, 1.82) is 0 Å². The van der Waals surface area contributed by atoms with Gasteiger partial charge in [0, 0.05) is 70.1 Å². The standard InChI is InChI=1S/C51H68BrN11O16S/c1-5-24(2)42-47(72)56-19-40(67)57-36-23-80(75)49-30(29-8-6-26(64)14-33(29)60-49)17-34(44(69)55-20-41(68)61-42)58-48(73)43(62-46(71)37-15-27(65)21-63(37)50(74)35(18-39(53)66)59-45(36)70)25(3)38-22-78-51(79-38)31-16-28(7-9-32(31)52)77-13-12-76-11-10-54-4/h6-9,14,16,24-25,27,34-38,42-43,51,54,60,64-65H,5,10-13,15,17-23H2,1-4H3,(H2,53,66)(H,55,69)(H,56,72)(H,57,67)(H,58,73)(H,59,70)(H,61,68)(H,62,71)/t24-,25-,27?,34?,35?,36?,37?,38-,42-,43-,51?,80+/m0/s1. The average Bonchev–Trinajstić information content (AvgIpc) is 4.28. The first kappa shape index (κ1) is 61.0. The van der Waals surface area contributed by atoms with Crippen LogP contribution in [0.15, 0.2) is 45.9 Å². The number of aliphatic hydroxyl groups is 1. The molecule has 12 atom stereocenters. The van der Waals surface area contributed by atoms with Crippen molar-refractivity contribution in [2.45, 2.75) is 106 Å². The number of H-pyrrole nitrogens is 1. The smallest absolute Gasteiger partial charge is 0.248 e. The first-order valence-corrected chi connectivity index (χ1v) is 28.2. The van der Waals surface area contributed by atoms with Crippen molar-refractivity contribution >= 4 is 91.2 Å². The van der Waals surface area contributed by atoms with Crippen LogP contribution in [0, 0.1) is 11.8 Å². The molecule has 27 nitrogen and oxygen atoms in total. The molecule has 5 heterocycles. The first-order chi connectivity index (χ1) is 38.1. The van der Waals surface area contributed by atoms with Crippen LogP contribution in [0.1, 0.15) is 57.5 Å². The van der Waals surface area contributed by atoms with E-state index in [1.807, 2.05) is 7.05 Å². The van der Waals surface area contributed by atoms with E-state index in [4.69, 9.17) is 24.7 Å². The zero-order valence-electron chi connectivity index (χ0n) is 44.4. The summed E-state index contributed by atoms with van der Waals surface area (Å²) in [6.45, 7) is 4.56. The molecule has 0 aliphatic carbocycles. The first-order valence-electron chi connectivity index (χ1n) is 26.1. The van der Waals surface area contributed by atoms with Crippen molar-refractivity contribution in [3.05, 3.63) is 52.0 Å². The number of hydrogen-bond acceptors (Lipinski definition) is 17. The number of hydrogen-bond donors (Lipinski definition) is 12. The summed E-state index contributed by atoms with van der Waals surface area (Å²) in [7, 11) is 1.81. The van der Waals surface area contributed by atoms with Gasteiger partial charge in [0.15, 0.2) is 12.3 Å². The second-order valence-corrected chi connectivity index (χ2v) is 22.3. The quantitative estimate of drug-likeness (QED) is 0.0574. The highest BCUT2D eigenvalue weighted by Crippen LogP contribution is 2.37. The summed E-state index contributed by atoms with van der Waals surface area (Å²) in [5, 5.41) is 42.5. The van der Waals surface area contributed by atoms with Crippen molar-refractivity contribution < 1.29 is 76.9 Å². The minimum Gasteiger partial charge on any atom is -0.610 e. The van der Waals surface area contributed by atoms with Gasteiger partial charge in [0.05, 0.1) is 57.1 Å². The zero-order chi connectivity index (χ0) is 57.9. The lowest BCUT2D eigenvalue weighted by molar-refractivity contribution is -0.144. The van der Waals surface area contributed by atoms with E-state index in [0.29, 0.717) is 42.0 Å². The van der Waals surface area contributed by atoms with Crippen molar-refractivity contribution in [3.8, 4) is 11.5 Å². The number of likely N-dealkylation sites (N-methyl/N-ethyl adjacent to an activating group) is 1. The van der Waals surface area contributed by atoms with Crippen LogP contribution in [0.25, 0.3) is 10.9 Å². The molecule has 13 N–H and O–H groups in total. The highest BCUT2D eigenvalue weighted by atomic mass is 79.9. The van der Waals surface area contributed by atoms with Crippen molar-refractivity contribution in [2.75, 3.05) is 65.4 Å². The Bertz CT molecular complexity index is 2810. The minimum atomic E-state index is -2.39. The number of primary amides is 1. The van der Waals surface area contributed by atoms with Crippen molar-refractivity contribution in [2.24, 2.45) is 17.6 Å². The molecule has 4 aliphatic heterocycles. The van der Waals surface area contributed by atoms with Crippen LogP contribution in [-0.2, 0) is 75.0 Å². The Labute approximate surface area is 471 Å². The van der Waals surface area contributed by atoms with Gasteiger partial charge in [-0.05, 0) is 43.3 Å². The number of ether oxygens (including phenoxy) is 4. The molecule has 2 fully saturated rings. The van der Waals surface area contributed by atoms with Gasteiger partial charge in [-0.2, -0.15) is 0 Å². The van der Waals surface area contributed by atoms with Crippen LogP contribution < -0.4 is 53.0 Å². The second-order valence-electron chi connectivity index (χ2n) is 20.0. The van der Waals surface area contributed by atoms with Crippen LogP contribution in [-0.4, -0.2) is 192 Å². The zero-order valence-corrected chi connectivity index (χ0v) is 46.8. The van der Waals surface area contributed by atoms with Crippen LogP contribution in [0.3, 0.4) is 0 Å². The Hall–Kier alpha value is -6.60. The van der Waals surface area contributed by atoms with E-state index < -0.39 is 169 Å². The second kappa shape index (κ2) is 27.7. The fourth-order valence-electron chi connectivity index (χ4n) is 9.67. The number of nitrogens with two attached hydrogens (primary N) is 1. The number of nitrogens with zero attached hydrogens (tertiary/aromatic N) is 1. The molecule has 29 heteroatoms. The number of halogens is 1. The minimum absolute atomic E-state index is 0.111. The van der Waals surface area contributed by atoms with E-state index in [1.165, 1.54) is 18.2 Å². The maximum Gasteiger partial charge on any atom is 0.248 e. The lowest BCUT2D eigenvalue weighted by Gasteiger charge is -2.33. The number of phenols is 1. The number of rotatable bonds is 14. The molecule has 3 aromatic rings. The number of aliphatic hydroxyl groups excluding tert-OH is 1. The molecule has 1 aromatic heterocycles. The molecule has 0 spiro atoms. The van der Waals surface area contributed by atoms with Crippen LogP contribution in [0.4, 0.5) is 0 Å². The third-order valence-corrected chi connectivity index (χ3v) is 16.4. The van der Waals surface area contributed by atoms with E-state index in [1.54, 1.807) is 39.0 Å². The molecular formula is C51H68BrN11O16S. The van der Waals surface area contributed by atoms with E-state index in [-0.39, 0.29) is 46.9 Å². The highest BCUT2D eigenvalue weighted by molar-refractivity contribution is 9.10. The Morgan fingerprint density at radius 3 is 2.36 bits per heavy atom. The summed E-state index contributed by atoms with van der Waals surface area (Å²) in [6.07, 6.45) is -4.73. The molecular weight excluding hydrogens is 1130 g/mol. The summed E-state index contributed by atoms with van der Waals surface area (Å²) >= 11 is 1.16. The predicted molar refractivity (Wildman–Crippen MR) is 287 cm³/mol. The molecule has 2 bridgehead atoms. The normalized spacial score (nSPS) is 27.6. The van der Waals surface area contributed by atoms with Crippen molar-refractivity contribution in [3.63, 3.8) is 0 Å². The molecule has 4 aliphatic rings. The van der Waals surface area contributed by atoms with E-state index in [9.17, 15) is 53.1 Å². The third kappa shape index (κ3) is 15.2. The molecule has 9 amide bonds. The summed E-state index contributed by atoms with van der Waals surface area (Å²) in [6, 6.07) is -0.568. The lowest BCUT2D eigenvalue weighted by Crippen LogP contribution is -2.62. The number of aromatic nitrogens is 1. The van der Waals surface area contributed by atoms with Gasteiger partial charge >= 0.3 is 0 Å². The van der Waals surface area contributed by atoms with E-state index in [0.717, 1.165) is 4.90 Å². The van der Waals surface area contributed by atoms with Crippen LogP contribution in [0.5, 0.6) is 11.5 Å². The van der Waals surface area contributed by atoms with Gasteiger partial charge in [0.25, 0.3) is 0 Å². The Kier molecular flexibility index (Phi) is 21.1. The molecule has 2 saturated heterocycles. The number of nitrogens with one attached hydrogen (secondary N) is 9. The number of carbonyl (C=O) groups excluding carboxylic acids is 9. The summed E-state index contributed by atoms with van der Waals surface area (Å²) in [5.41, 5.74) is 6.42. The molecule has 0 saturated carbocycles. The third-order valence-electron chi connectivity index (χ3n) is 14.2. The number of amides is 9. The number of aromatic amines is 1. The number of phenolic OH excluding ortho intramolecular Hbond substituents is 1. The van der Waals surface area contributed by atoms with Gasteiger partial charge in [0.2, 0.25) is 58.2 Å². The number of fused-ring (bicyclic) bond motifs is 5. The van der Waals surface area contributed by atoms with Gasteiger partial charge in [0.1, 0.15) is 54.1 Å². The molecule has 7 rings (SSSR count). The summed E-state index contributed by atoms with van der Waals surface area (Å²) in [4.78, 5) is 131. The van der Waals surface area contributed by atoms with Crippen LogP contribution >= 0.6 is 15.9 Å². The molecule has 6 unspecified atom stereocenters. The van der Waals surface area contributed by atoms with Crippen LogP contribution in [0.2, 0.25) is 0 Å². The highest BCUT2D eigenvalue weighted by Gasteiger charge is 2.47. The van der Waals surface area contributed by atoms with Gasteiger partial charge in [-0.1, -0.05) is 43.1 Å². The number of aromatic hydroxyl groups is 1. The van der Waals surface area contributed by atoms with E-state index >= 15 is 4.79 Å². The maximum absolute atomic E-state index is 15.2. The largest absolute Gasteiger partial charge is 0.610 e. The number of carbonyl (C=O) groups is 9. The Morgan fingerprint density at radius 2 is 1.64 bits per heavy atom. The lowest BCUT2D eigenvalue weighted by atomic mass is 9.93. The summed E-state index contributed by atoms with van der Waals surface area (Å²) in [5.74, 6) is -11.0. The van der Waals surface area contributed by atoms with Gasteiger partial charge < -0.3 is 91.9 Å².